The maximum atomic E-state index is 12.1. The van der Waals surface area contributed by atoms with Crippen LogP contribution in [0, 0.1) is 0 Å². The van der Waals surface area contributed by atoms with E-state index in [-0.39, 0.29) is 18.2 Å². The van der Waals surface area contributed by atoms with Crippen LogP contribution in [0.15, 0.2) is 48.5 Å². The summed E-state index contributed by atoms with van der Waals surface area (Å²) in [5.41, 5.74) is 1.87. The lowest BCUT2D eigenvalue weighted by molar-refractivity contribution is -0.122. The molecule has 0 bridgehead atoms. The molecule has 134 valence electrons. The van der Waals surface area contributed by atoms with Gasteiger partial charge in [-0.05, 0) is 42.4 Å². The summed E-state index contributed by atoms with van der Waals surface area (Å²) in [4.78, 5) is 13.8. The minimum absolute atomic E-state index is 0.102. The van der Waals surface area contributed by atoms with E-state index in [2.05, 4.69) is 10.1 Å². The van der Waals surface area contributed by atoms with Crippen molar-refractivity contribution >= 4 is 17.5 Å². The highest BCUT2D eigenvalue weighted by Gasteiger charge is 2.08. The van der Waals surface area contributed by atoms with Gasteiger partial charge in [-0.3, -0.25) is 9.69 Å². The van der Waals surface area contributed by atoms with Gasteiger partial charge < -0.3 is 10.1 Å². The van der Waals surface area contributed by atoms with E-state index >= 15 is 0 Å². The molecular weight excluding hydrogens is 350 g/mol. The first-order chi connectivity index (χ1) is 11.9. The predicted molar refractivity (Wildman–Crippen MR) is 92.7 cm³/mol. The molecule has 0 radical (unpaired) electrons. The summed E-state index contributed by atoms with van der Waals surface area (Å²) in [5.74, 6) is 0.0113. The first-order valence-corrected chi connectivity index (χ1v) is 8.03. The number of nitrogens with one attached hydrogen (secondary N) is 1. The Balaban J connectivity index is 1.76. The smallest absolute Gasteiger partial charge is 0.387 e. The molecular formula is C18H19ClF2N2O2. The van der Waals surface area contributed by atoms with E-state index in [1.165, 1.54) is 12.1 Å². The summed E-state index contributed by atoms with van der Waals surface area (Å²) in [6.07, 6.45) is 0. The number of halogens is 3. The van der Waals surface area contributed by atoms with E-state index in [9.17, 15) is 13.6 Å². The molecule has 1 N–H and O–H groups in total. The lowest BCUT2D eigenvalue weighted by Gasteiger charge is -2.16. The molecule has 0 fully saturated rings. The van der Waals surface area contributed by atoms with Gasteiger partial charge in [0, 0.05) is 18.1 Å². The third-order valence-electron chi connectivity index (χ3n) is 3.42. The SMILES string of the molecule is CN(CC(=O)NCc1ccc(Cl)cc1)Cc1ccc(OC(F)F)cc1. The van der Waals surface area contributed by atoms with Gasteiger partial charge >= 0.3 is 6.61 Å². The van der Waals surface area contributed by atoms with Crippen LogP contribution in [0.5, 0.6) is 5.75 Å². The van der Waals surface area contributed by atoms with Crippen molar-refractivity contribution in [2.75, 3.05) is 13.6 Å². The van der Waals surface area contributed by atoms with Crippen molar-refractivity contribution < 1.29 is 18.3 Å². The highest BCUT2D eigenvalue weighted by atomic mass is 35.5. The fourth-order valence-electron chi connectivity index (χ4n) is 2.25. The quantitative estimate of drug-likeness (QED) is 0.772. The van der Waals surface area contributed by atoms with Crippen molar-refractivity contribution in [1.29, 1.82) is 0 Å². The van der Waals surface area contributed by atoms with Gasteiger partial charge in [-0.15, -0.1) is 0 Å². The number of likely N-dealkylation sites (N-methyl/N-ethyl adjacent to an activating group) is 1. The minimum atomic E-state index is -2.84. The van der Waals surface area contributed by atoms with E-state index in [1.807, 2.05) is 24.1 Å². The molecule has 0 aromatic heterocycles. The molecule has 0 aliphatic carbocycles. The number of alkyl halides is 2. The van der Waals surface area contributed by atoms with Crippen LogP contribution in [0.1, 0.15) is 11.1 Å². The number of amides is 1. The number of nitrogens with zero attached hydrogens (tertiary/aromatic N) is 1. The summed E-state index contributed by atoms with van der Waals surface area (Å²) in [6, 6.07) is 13.6. The van der Waals surface area contributed by atoms with E-state index < -0.39 is 6.61 Å². The Labute approximate surface area is 150 Å². The van der Waals surface area contributed by atoms with Crippen LogP contribution in [-0.2, 0) is 17.9 Å². The highest BCUT2D eigenvalue weighted by molar-refractivity contribution is 6.30. The van der Waals surface area contributed by atoms with Crippen LogP contribution in [0.4, 0.5) is 8.78 Å². The molecule has 0 heterocycles. The van der Waals surface area contributed by atoms with Crippen LogP contribution in [0.25, 0.3) is 0 Å². The van der Waals surface area contributed by atoms with Crippen LogP contribution in [-0.4, -0.2) is 31.0 Å². The lowest BCUT2D eigenvalue weighted by atomic mass is 10.2. The first kappa shape index (κ1) is 19.1. The molecule has 7 heteroatoms. The molecule has 0 aliphatic heterocycles. The second-order valence-electron chi connectivity index (χ2n) is 5.60. The number of carbonyl (C=O) groups is 1. The summed E-state index contributed by atoms with van der Waals surface area (Å²) >= 11 is 5.82. The fraction of sp³-hybridized carbons (Fsp3) is 0.278. The summed E-state index contributed by atoms with van der Waals surface area (Å²) in [7, 11) is 1.81. The molecule has 1 amide bonds. The third kappa shape index (κ3) is 7.07. The van der Waals surface area contributed by atoms with E-state index in [0.717, 1.165) is 11.1 Å². The van der Waals surface area contributed by atoms with Crippen molar-refractivity contribution in [1.82, 2.24) is 10.2 Å². The predicted octanol–water partition coefficient (Wildman–Crippen LogP) is 3.69. The number of ether oxygens (including phenoxy) is 1. The Hall–Kier alpha value is -2.18. The Bertz CT molecular complexity index is 678. The zero-order valence-corrected chi connectivity index (χ0v) is 14.5. The molecule has 2 aromatic rings. The first-order valence-electron chi connectivity index (χ1n) is 7.66. The van der Waals surface area contributed by atoms with Crippen molar-refractivity contribution in [2.24, 2.45) is 0 Å². The number of hydrogen-bond acceptors (Lipinski definition) is 3. The minimum Gasteiger partial charge on any atom is -0.435 e. The molecule has 0 atom stereocenters. The Morgan fingerprint density at radius 1 is 1.12 bits per heavy atom. The van der Waals surface area contributed by atoms with Gasteiger partial charge in [-0.1, -0.05) is 35.9 Å². The second kappa shape index (κ2) is 9.34. The molecule has 0 saturated heterocycles. The monoisotopic (exact) mass is 368 g/mol. The Morgan fingerprint density at radius 3 is 2.32 bits per heavy atom. The van der Waals surface area contributed by atoms with Crippen LogP contribution in [0.2, 0.25) is 5.02 Å². The zero-order valence-electron chi connectivity index (χ0n) is 13.7. The molecule has 0 saturated carbocycles. The van der Waals surface area contributed by atoms with Crippen LogP contribution >= 0.6 is 11.6 Å². The second-order valence-corrected chi connectivity index (χ2v) is 6.03. The van der Waals surface area contributed by atoms with Gasteiger partial charge in [0.2, 0.25) is 5.91 Å². The maximum Gasteiger partial charge on any atom is 0.387 e. The molecule has 25 heavy (non-hydrogen) atoms. The molecule has 4 nitrogen and oxygen atoms in total. The third-order valence-corrected chi connectivity index (χ3v) is 3.67. The normalized spacial score (nSPS) is 11.0. The zero-order chi connectivity index (χ0) is 18.2. The summed E-state index contributed by atoms with van der Waals surface area (Å²) < 4.78 is 28.5. The Kier molecular flexibility index (Phi) is 7.16. The lowest BCUT2D eigenvalue weighted by Crippen LogP contribution is -2.34. The standard InChI is InChI=1S/C18H19ClF2N2O2/c1-23(11-14-4-8-16(9-5-14)25-18(20)21)12-17(24)22-10-13-2-6-15(19)7-3-13/h2-9,18H,10-12H2,1H3,(H,22,24). The fourth-order valence-corrected chi connectivity index (χ4v) is 2.37. The van der Waals surface area contributed by atoms with Gasteiger partial charge in [0.1, 0.15) is 5.75 Å². The largest absolute Gasteiger partial charge is 0.435 e. The molecule has 2 rings (SSSR count). The van der Waals surface area contributed by atoms with Gasteiger partial charge in [0.05, 0.1) is 6.54 Å². The van der Waals surface area contributed by atoms with E-state index in [4.69, 9.17) is 11.6 Å². The number of benzene rings is 2. The maximum absolute atomic E-state index is 12.1. The average molecular weight is 369 g/mol. The molecule has 0 spiro atoms. The van der Waals surface area contributed by atoms with Gasteiger partial charge in [0.25, 0.3) is 0 Å². The van der Waals surface area contributed by atoms with Crippen LogP contribution < -0.4 is 10.1 Å². The van der Waals surface area contributed by atoms with Crippen molar-refractivity contribution in [3.63, 3.8) is 0 Å². The van der Waals surface area contributed by atoms with Gasteiger partial charge in [0.15, 0.2) is 0 Å². The number of rotatable bonds is 8. The van der Waals surface area contributed by atoms with Crippen molar-refractivity contribution in [3.05, 3.63) is 64.7 Å². The van der Waals surface area contributed by atoms with Crippen LogP contribution in [0.3, 0.4) is 0 Å². The van der Waals surface area contributed by atoms with E-state index in [0.29, 0.717) is 18.1 Å². The molecule has 0 aliphatic rings. The number of hydrogen-bond donors (Lipinski definition) is 1. The van der Waals surface area contributed by atoms with Crippen molar-refractivity contribution in [3.8, 4) is 5.75 Å². The molecule has 2 aromatic carbocycles. The average Bonchev–Trinajstić information content (AvgIpc) is 2.55. The highest BCUT2D eigenvalue weighted by Crippen LogP contribution is 2.15. The summed E-state index contributed by atoms with van der Waals surface area (Å²) in [6.45, 7) is -1.66. The van der Waals surface area contributed by atoms with Gasteiger partial charge in [-0.25, -0.2) is 0 Å². The topological polar surface area (TPSA) is 41.6 Å². The van der Waals surface area contributed by atoms with E-state index in [1.54, 1.807) is 24.3 Å². The molecule has 0 unspecified atom stereocenters. The Morgan fingerprint density at radius 2 is 1.72 bits per heavy atom. The van der Waals surface area contributed by atoms with Crippen molar-refractivity contribution in [2.45, 2.75) is 19.7 Å². The summed E-state index contributed by atoms with van der Waals surface area (Å²) in [5, 5.41) is 3.49. The number of carbonyl (C=O) groups excluding carboxylic acids is 1. The van der Waals surface area contributed by atoms with Gasteiger partial charge in [-0.2, -0.15) is 8.78 Å².